The quantitative estimate of drug-likeness (QED) is 0.672. The largest absolute Gasteiger partial charge is 0.396 e. The van der Waals surface area contributed by atoms with E-state index in [1.54, 1.807) is 0 Å². The van der Waals surface area contributed by atoms with E-state index in [0.29, 0.717) is 12.6 Å². The molecule has 4 rings (SSSR count). The fraction of sp³-hybridized carbons (Fsp3) is 0.444. The molecule has 170 valence electrons. The van der Waals surface area contributed by atoms with Gasteiger partial charge in [0.1, 0.15) is 0 Å². The van der Waals surface area contributed by atoms with E-state index in [4.69, 9.17) is 5.11 Å². The van der Waals surface area contributed by atoms with Gasteiger partial charge in [-0.15, -0.1) is 0 Å². The normalized spacial score (nSPS) is 21.0. The van der Waals surface area contributed by atoms with Gasteiger partial charge in [0, 0.05) is 44.9 Å². The van der Waals surface area contributed by atoms with E-state index >= 15 is 0 Å². The van der Waals surface area contributed by atoms with Crippen molar-refractivity contribution in [2.24, 2.45) is 0 Å². The summed E-state index contributed by atoms with van der Waals surface area (Å²) in [5, 5.41) is 12.6. The Morgan fingerprint density at radius 3 is 2.50 bits per heavy atom. The monoisotopic (exact) mass is 433 g/mol. The Morgan fingerprint density at radius 2 is 1.78 bits per heavy atom. The zero-order valence-corrected chi connectivity index (χ0v) is 19.3. The molecule has 0 spiro atoms. The van der Waals surface area contributed by atoms with Gasteiger partial charge < -0.3 is 15.3 Å². The van der Waals surface area contributed by atoms with Gasteiger partial charge in [0.25, 0.3) is 5.91 Å². The van der Waals surface area contributed by atoms with Gasteiger partial charge in [-0.1, -0.05) is 54.6 Å². The number of benzene rings is 2. The van der Waals surface area contributed by atoms with Crippen LogP contribution in [0.1, 0.15) is 29.5 Å². The number of hydrogen-bond acceptors (Lipinski definition) is 4. The molecule has 0 saturated carbocycles. The van der Waals surface area contributed by atoms with E-state index in [1.807, 2.05) is 30.1 Å². The summed E-state index contributed by atoms with van der Waals surface area (Å²) in [5.41, 5.74) is 5.77. The van der Waals surface area contributed by atoms with Gasteiger partial charge in [0.05, 0.1) is 6.04 Å². The number of nitrogens with one attached hydrogen (secondary N) is 1. The van der Waals surface area contributed by atoms with Crippen molar-refractivity contribution < 1.29 is 9.90 Å². The molecule has 1 saturated heterocycles. The third kappa shape index (κ3) is 4.96. The minimum absolute atomic E-state index is 0.0956. The van der Waals surface area contributed by atoms with Crippen molar-refractivity contribution in [1.29, 1.82) is 0 Å². The first kappa shape index (κ1) is 22.7. The molecule has 2 aromatic rings. The van der Waals surface area contributed by atoms with Crippen LogP contribution in [0.2, 0.25) is 0 Å². The number of carbonyl (C=O) groups is 1. The number of hydrogen-bond donors (Lipinski definition) is 2. The highest BCUT2D eigenvalue weighted by Gasteiger charge is 2.40. The number of rotatable bonds is 8. The van der Waals surface area contributed by atoms with Gasteiger partial charge in [-0.2, -0.15) is 0 Å². The smallest absolute Gasteiger partial charge is 0.251 e. The van der Waals surface area contributed by atoms with Gasteiger partial charge in [-0.05, 0) is 55.0 Å². The van der Waals surface area contributed by atoms with Gasteiger partial charge in [0.2, 0.25) is 0 Å². The highest BCUT2D eigenvalue weighted by molar-refractivity contribution is 6.03. The predicted molar refractivity (Wildman–Crippen MR) is 129 cm³/mol. The lowest BCUT2D eigenvalue weighted by Crippen LogP contribution is -2.60. The van der Waals surface area contributed by atoms with E-state index in [-0.39, 0.29) is 18.6 Å². The fourth-order valence-electron chi connectivity index (χ4n) is 4.95. The van der Waals surface area contributed by atoms with Gasteiger partial charge in [0.15, 0.2) is 0 Å². The number of piperazine rings is 1. The molecule has 5 nitrogen and oxygen atoms in total. The van der Waals surface area contributed by atoms with Crippen LogP contribution in [0.15, 0.2) is 60.2 Å². The molecular weight excluding hydrogens is 398 g/mol. The molecule has 32 heavy (non-hydrogen) atoms. The highest BCUT2D eigenvalue weighted by Crippen LogP contribution is 2.36. The molecule has 1 amide bonds. The number of fused-ring (bicyclic) bond motifs is 2. The van der Waals surface area contributed by atoms with Crippen molar-refractivity contribution in [3.05, 3.63) is 76.9 Å². The highest BCUT2D eigenvalue weighted by atomic mass is 16.2. The maximum atomic E-state index is 13.7. The number of amides is 1. The molecule has 2 unspecified atom stereocenters. The Kier molecular flexibility index (Phi) is 7.40. The zero-order chi connectivity index (χ0) is 22.5. The van der Waals surface area contributed by atoms with Gasteiger partial charge in [-0.25, -0.2) is 0 Å². The lowest BCUT2D eigenvalue weighted by molar-refractivity contribution is -0.126. The molecule has 2 atom stereocenters. The number of aliphatic hydroxyl groups excluding tert-OH is 1. The molecule has 0 aliphatic carbocycles. The second-order valence-electron chi connectivity index (χ2n) is 9.08. The average Bonchev–Trinajstić information content (AvgIpc) is 2.82. The molecule has 2 aromatic carbocycles. The molecular formula is C27H35N3O2. The Morgan fingerprint density at radius 1 is 1.06 bits per heavy atom. The van der Waals surface area contributed by atoms with Crippen LogP contribution in [0.4, 0.5) is 0 Å². The summed E-state index contributed by atoms with van der Waals surface area (Å²) < 4.78 is 0. The summed E-state index contributed by atoms with van der Waals surface area (Å²) in [6.07, 6.45) is 3.39. The number of aliphatic hydroxyl groups is 1. The Hall–Kier alpha value is -2.47. The van der Waals surface area contributed by atoms with Crippen molar-refractivity contribution in [3.8, 4) is 0 Å². The number of nitrogens with zero attached hydrogens (tertiary/aromatic N) is 2. The predicted octanol–water partition coefficient (Wildman–Crippen LogP) is 2.74. The van der Waals surface area contributed by atoms with E-state index in [9.17, 15) is 4.79 Å². The Labute approximate surface area is 191 Å². The Balaban J connectivity index is 1.61. The lowest BCUT2D eigenvalue weighted by atomic mass is 9.82. The van der Waals surface area contributed by atoms with E-state index in [1.165, 1.54) is 16.7 Å². The van der Waals surface area contributed by atoms with Crippen LogP contribution in [-0.4, -0.2) is 73.2 Å². The van der Waals surface area contributed by atoms with Crippen molar-refractivity contribution in [3.63, 3.8) is 0 Å². The third-order valence-electron chi connectivity index (χ3n) is 6.97. The van der Waals surface area contributed by atoms with Crippen LogP contribution in [0.5, 0.6) is 0 Å². The summed E-state index contributed by atoms with van der Waals surface area (Å²) >= 11 is 0. The van der Waals surface area contributed by atoms with Crippen LogP contribution < -0.4 is 5.32 Å². The minimum atomic E-state index is 0.0956. The third-order valence-corrected chi connectivity index (χ3v) is 6.97. The number of likely N-dealkylation sites (N-methyl/N-ethyl adjacent to an activating group) is 2. The van der Waals surface area contributed by atoms with Crippen molar-refractivity contribution in [2.75, 3.05) is 40.3 Å². The standard InChI is InChI=1S/C27H35N3O2/c1-29(15-14-20-7-4-3-5-8-20)27(32)26-24(17-23-18-28-19-25(26)30(23)2)22-12-10-21(11-13-22)9-6-16-31/h3-5,7-8,10-13,23,25,28,31H,6,9,14-19H2,1-2H3. The molecule has 0 aromatic heterocycles. The number of aryl methyl sites for hydroxylation is 1. The van der Waals surface area contributed by atoms with Crippen LogP contribution in [-0.2, 0) is 17.6 Å². The van der Waals surface area contributed by atoms with Crippen LogP contribution >= 0.6 is 0 Å². The first-order chi connectivity index (χ1) is 15.6. The number of carbonyl (C=O) groups excluding carboxylic acids is 1. The maximum absolute atomic E-state index is 13.7. The molecule has 0 radical (unpaired) electrons. The van der Waals surface area contributed by atoms with E-state index in [0.717, 1.165) is 49.9 Å². The second kappa shape index (κ2) is 10.4. The van der Waals surface area contributed by atoms with Crippen LogP contribution in [0, 0.1) is 0 Å². The molecule has 2 bridgehead atoms. The molecule has 5 heteroatoms. The summed E-state index contributed by atoms with van der Waals surface area (Å²) in [4.78, 5) is 18.0. The van der Waals surface area contributed by atoms with Gasteiger partial charge >= 0.3 is 0 Å². The lowest BCUT2D eigenvalue weighted by Gasteiger charge is -2.46. The van der Waals surface area contributed by atoms with Crippen molar-refractivity contribution >= 4 is 11.5 Å². The van der Waals surface area contributed by atoms with Crippen LogP contribution in [0.3, 0.4) is 0 Å². The molecule has 1 fully saturated rings. The Bertz CT molecular complexity index is 939. The topological polar surface area (TPSA) is 55.8 Å². The van der Waals surface area contributed by atoms with Crippen LogP contribution in [0.25, 0.3) is 5.57 Å². The minimum Gasteiger partial charge on any atom is -0.396 e. The first-order valence-electron chi connectivity index (χ1n) is 11.7. The fourth-order valence-corrected chi connectivity index (χ4v) is 4.95. The summed E-state index contributed by atoms with van der Waals surface area (Å²) in [5.74, 6) is 0.138. The second-order valence-corrected chi connectivity index (χ2v) is 9.08. The summed E-state index contributed by atoms with van der Waals surface area (Å²) in [6.45, 7) is 2.67. The molecule has 2 heterocycles. The van der Waals surface area contributed by atoms with Crippen molar-refractivity contribution in [1.82, 2.24) is 15.1 Å². The average molecular weight is 434 g/mol. The summed E-state index contributed by atoms with van der Waals surface area (Å²) in [7, 11) is 4.08. The zero-order valence-electron chi connectivity index (χ0n) is 19.3. The molecule has 2 aliphatic heterocycles. The SMILES string of the molecule is CN(CCc1ccccc1)C(=O)C1=C(c2ccc(CCCO)cc2)CC2CNCC1N2C. The summed E-state index contributed by atoms with van der Waals surface area (Å²) in [6, 6.07) is 19.5. The molecule has 2 aliphatic rings. The van der Waals surface area contributed by atoms with Crippen molar-refractivity contribution in [2.45, 2.75) is 37.8 Å². The molecule has 2 N–H and O–H groups in total. The van der Waals surface area contributed by atoms with E-state index < -0.39 is 0 Å². The van der Waals surface area contributed by atoms with E-state index in [2.05, 4.69) is 53.7 Å². The first-order valence-corrected chi connectivity index (χ1v) is 11.7. The van der Waals surface area contributed by atoms with Gasteiger partial charge in [-0.3, -0.25) is 9.69 Å². The maximum Gasteiger partial charge on any atom is 0.251 e.